The Balaban J connectivity index is 3.42. The van der Waals surface area contributed by atoms with E-state index in [0.29, 0.717) is 19.4 Å². The highest BCUT2D eigenvalue weighted by Crippen LogP contribution is 2.19. The number of allylic oxidation sites excluding steroid dienone is 3. The van der Waals surface area contributed by atoms with Gasteiger partial charge >= 0.3 is 5.97 Å². The van der Waals surface area contributed by atoms with Gasteiger partial charge in [0.05, 0.1) is 25.4 Å². The van der Waals surface area contributed by atoms with E-state index in [-0.39, 0.29) is 18.5 Å². The van der Waals surface area contributed by atoms with Crippen LogP contribution in [0.4, 0.5) is 0 Å². The van der Waals surface area contributed by atoms with Gasteiger partial charge in [-0.2, -0.15) is 0 Å². The molecule has 6 heteroatoms. The minimum Gasteiger partial charge on any atom is -0.466 e. The number of rotatable bonds is 66. The van der Waals surface area contributed by atoms with Gasteiger partial charge in [0.15, 0.2) is 0 Å². The molecule has 456 valence electrons. The molecule has 6 nitrogen and oxygen atoms in total. The van der Waals surface area contributed by atoms with E-state index in [9.17, 15) is 19.8 Å². The van der Waals surface area contributed by atoms with Gasteiger partial charge in [0.2, 0.25) is 5.91 Å². The number of amides is 1. The van der Waals surface area contributed by atoms with Crippen LogP contribution in [0.2, 0.25) is 0 Å². The first-order chi connectivity index (χ1) is 38.0. The van der Waals surface area contributed by atoms with Crippen LogP contribution in [0.3, 0.4) is 0 Å². The van der Waals surface area contributed by atoms with Crippen LogP contribution in [-0.4, -0.2) is 47.4 Å². The third-order valence-electron chi connectivity index (χ3n) is 16.5. The summed E-state index contributed by atoms with van der Waals surface area (Å²) in [5.74, 6) is -0.0516. The van der Waals surface area contributed by atoms with Crippen molar-refractivity contribution in [3.05, 3.63) is 24.3 Å². The molecule has 0 rings (SSSR count). The Bertz CT molecular complexity index is 1200. The Morgan fingerprint density at radius 3 is 0.922 bits per heavy atom. The van der Waals surface area contributed by atoms with Crippen LogP contribution in [0.1, 0.15) is 393 Å². The first-order valence-electron chi connectivity index (χ1n) is 35.1. The lowest BCUT2D eigenvalue weighted by Gasteiger charge is -2.20. The number of carbonyl (C=O) groups is 2. The number of hydrogen-bond acceptors (Lipinski definition) is 5. The molecule has 0 aliphatic rings. The van der Waals surface area contributed by atoms with Crippen molar-refractivity contribution in [3.8, 4) is 0 Å². The fraction of sp³-hybridized carbons (Fsp3) is 0.915. The maximum atomic E-state index is 12.5. The van der Waals surface area contributed by atoms with E-state index in [1.54, 1.807) is 6.08 Å². The predicted octanol–water partition coefficient (Wildman–Crippen LogP) is 22.5. The number of unbranched alkanes of at least 4 members (excludes halogenated alkanes) is 53. The molecule has 0 aromatic carbocycles. The van der Waals surface area contributed by atoms with Gasteiger partial charge in [0.25, 0.3) is 0 Å². The number of nitrogens with one attached hydrogen (secondary N) is 1. The molecule has 0 fully saturated rings. The normalized spacial score (nSPS) is 12.6. The van der Waals surface area contributed by atoms with Gasteiger partial charge in [-0.25, -0.2) is 0 Å². The average molecular weight is 1080 g/mol. The molecule has 0 heterocycles. The molecule has 0 aliphatic heterocycles. The monoisotopic (exact) mass is 1080 g/mol. The maximum absolute atomic E-state index is 12.5. The van der Waals surface area contributed by atoms with Gasteiger partial charge in [0.1, 0.15) is 0 Å². The molecule has 0 spiro atoms. The Morgan fingerprint density at radius 2 is 0.610 bits per heavy atom. The summed E-state index contributed by atoms with van der Waals surface area (Å²) in [5, 5.41) is 23.3. The van der Waals surface area contributed by atoms with Gasteiger partial charge in [0, 0.05) is 12.8 Å². The first-order valence-corrected chi connectivity index (χ1v) is 35.1. The lowest BCUT2D eigenvalue weighted by atomic mass is 10.0. The largest absolute Gasteiger partial charge is 0.466 e. The molecule has 77 heavy (non-hydrogen) atoms. The Hall–Kier alpha value is -1.66. The van der Waals surface area contributed by atoms with Crippen LogP contribution in [0.15, 0.2) is 24.3 Å². The molecule has 0 bridgehead atoms. The van der Waals surface area contributed by atoms with Gasteiger partial charge in [-0.15, -0.1) is 0 Å². The smallest absolute Gasteiger partial charge is 0.305 e. The van der Waals surface area contributed by atoms with Crippen LogP contribution in [-0.2, 0) is 14.3 Å². The highest BCUT2D eigenvalue weighted by molar-refractivity contribution is 5.76. The van der Waals surface area contributed by atoms with Crippen molar-refractivity contribution in [2.45, 2.75) is 405 Å². The van der Waals surface area contributed by atoms with Crippen LogP contribution in [0.25, 0.3) is 0 Å². The highest BCUT2D eigenvalue weighted by atomic mass is 16.5. The standard InChI is InChI=1S/C71H137NO5/c1-3-5-7-9-11-13-15-17-18-19-20-21-27-30-33-36-40-43-47-51-55-59-63-69(74)68(67-73)72-70(75)64-60-56-52-48-44-41-37-34-31-28-25-23-22-24-26-29-32-35-38-42-46-50-54-58-62-66-77-71(76)65-61-57-53-49-45-39-16-14-12-10-8-6-4-2/h23,25,59,63,68-69,73-74H,3-22,24,26-58,60-62,64-67H2,1-2H3,(H,72,75)/b25-23-,63-59+. The second kappa shape index (κ2) is 66.8. The third-order valence-corrected chi connectivity index (χ3v) is 16.5. The SMILES string of the molecule is CCCCCCCCCCCCCCCCCCCCCC/C=C/C(O)C(CO)NC(=O)CCCCCCCCCCC/C=C\CCCCCCCCCCCCCCOC(=O)CCCCCCCCCCCCCCC. The summed E-state index contributed by atoms with van der Waals surface area (Å²) in [6.45, 7) is 4.94. The third kappa shape index (κ3) is 63.4. The van der Waals surface area contributed by atoms with Crippen molar-refractivity contribution in [1.29, 1.82) is 0 Å². The minimum atomic E-state index is -0.847. The lowest BCUT2D eigenvalue weighted by molar-refractivity contribution is -0.143. The molecule has 0 saturated heterocycles. The summed E-state index contributed by atoms with van der Waals surface area (Å²) >= 11 is 0. The molecular weight excluding hydrogens is 947 g/mol. The van der Waals surface area contributed by atoms with E-state index in [0.717, 1.165) is 38.5 Å². The molecule has 2 unspecified atom stereocenters. The summed E-state index contributed by atoms with van der Waals surface area (Å²) < 4.78 is 5.49. The predicted molar refractivity (Wildman–Crippen MR) is 338 cm³/mol. The quantitative estimate of drug-likeness (QED) is 0.0320. The van der Waals surface area contributed by atoms with Crippen LogP contribution in [0, 0.1) is 0 Å². The fourth-order valence-corrected chi connectivity index (χ4v) is 11.1. The van der Waals surface area contributed by atoms with E-state index >= 15 is 0 Å². The number of aliphatic hydroxyl groups excluding tert-OH is 2. The van der Waals surface area contributed by atoms with E-state index in [4.69, 9.17) is 4.74 Å². The number of esters is 1. The summed E-state index contributed by atoms with van der Waals surface area (Å²) in [5.41, 5.74) is 0. The zero-order chi connectivity index (χ0) is 55.7. The zero-order valence-electron chi connectivity index (χ0n) is 52.2. The molecule has 1 amide bonds. The topological polar surface area (TPSA) is 95.9 Å². The van der Waals surface area contributed by atoms with E-state index < -0.39 is 12.1 Å². The van der Waals surface area contributed by atoms with Gasteiger partial charge in [-0.3, -0.25) is 9.59 Å². The molecule has 0 aliphatic carbocycles. The second-order valence-corrected chi connectivity index (χ2v) is 24.2. The van der Waals surface area contributed by atoms with Crippen molar-refractivity contribution < 1.29 is 24.5 Å². The van der Waals surface area contributed by atoms with Crippen molar-refractivity contribution >= 4 is 11.9 Å². The lowest BCUT2D eigenvalue weighted by Crippen LogP contribution is -2.45. The molecule has 0 aromatic heterocycles. The van der Waals surface area contributed by atoms with Crippen molar-refractivity contribution in [1.82, 2.24) is 5.32 Å². The molecule has 0 aromatic rings. The highest BCUT2D eigenvalue weighted by Gasteiger charge is 2.18. The summed E-state index contributed by atoms with van der Waals surface area (Å²) in [6, 6.07) is -0.631. The Kier molecular flexibility index (Phi) is 65.4. The van der Waals surface area contributed by atoms with Crippen molar-refractivity contribution in [2.75, 3.05) is 13.2 Å². The Morgan fingerprint density at radius 1 is 0.351 bits per heavy atom. The van der Waals surface area contributed by atoms with Crippen LogP contribution < -0.4 is 5.32 Å². The summed E-state index contributed by atoms with van der Waals surface area (Å²) in [6.07, 6.45) is 83.9. The second-order valence-electron chi connectivity index (χ2n) is 24.2. The maximum Gasteiger partial charge on any atom is 0.305 e. The summed E-state index contributed by atoms with van der Waals surface area (Å²) in [7, 11) is 0. The van der Waals surface area contributed by atoms with Crippen molar-refractivity contribution in [3.63, 3.8) is 0 Å². The van der Waals surface area contributed by atoms with E-state index in [1.807, 2.05) is 6.08 Å². The number of aliphatic hydroxyl groups is 2. The fourth-order valence-electron chi connectivity index (χ4n) is 11.1. The van der Waals surface area contributed by atoms with E-state index in [1.165, 1.54) is 327 Å². The first kappa shape index (κ1) is 75.3. The summed E-state index contributed by atoms with van der Waals surface area (Å²) in [4.78, 5) is 24.6. The molecule has 3 N–H and O–H groups in total. The number of carbonyl (C=O) groups excluding carboxylic acids is 2. The molecule has 0 saturated carbocycles. The van der Waals surface area contributed by atoms with Gasteiger partial charge in [-0.05, 0) is 57.8 Å². The minimum absolute atomic E-state index is 0.0153. The molecular formula is C71H137NO5. The van der Waals surface area contributed by atoms with Crippen LogP contribution >= 0.6 is 0 Å². The Labute approximate surface area is 481 Å². The number of ether oxygens (including phenoxy) is 1. The number of hydrogen-bond donors (Lipinski definition) is 3. The average Bonchev–Trinajstić information content (AvgIpc) is 3.43. The zero-order valence-corrected chi connectivity index (χ0v) is 52.2. The molecule has 0 radical (unpaired) electrons. The van der Waals surface area contributed by atoms with Gasteiger partial charge < -0.3 is 20.3 Å². The van der Waals surface area contributed by atoms with E-state index in [2.05, 4.69) is 31.3 Å². The van der Waals surface area contributed by atoms with Crippen molar-refractivity contribution in [2.24, 2.45) is 0 Å². The van der Waals surface area contributed by atoms with Gasteiger partial charge in [-0.1, -0.05) is 346 Å². The molecule has 2 atom stereocenters. The van der Waals surface area contributed by atoms with Crippen LogP contribution in [0.5, 0.6) is 0 Å².